The molecule has 20 heavy (non-hydrogen) atoms. The Morgan fingerprint density at radius 3 is 2.35 bits per heavy atom. The summed E-state index contributed by atoms with van der Waals surface area (Å²) in [6.45, 7) is 2.01. The summed E-state index contributed by atoms with van der Waals surface area (Å²) in [5.41, 5.74) is 9.33. The Hall–Kier alpha value is -1.71. The summed E-state index contributed by atoms with van der Waals surface area (Å²) in [6.07, 6.45) is 0. The average molecular weight is 292 g/mol. The predicted octanol–water partition coefficient (Wildman–Crippen LogP) is 3.71. The number of hydrogen-bond donors (Lipinski definition) is 1. The molecule has 0 fully saturated rings. The largest absolute Gasteiger partial charge is 0.497 e. The average Bonchev–Trinajstić information content (AvgIpc) is 2.46. The van der Waals surface area contributed by atoms with E-state index in [1.165, 1.54) is 0 Å². The lowest BCUT2D eigenvalue weighted by Crippen LogP contribution is -2.14. The second-order valence-electron chi connectivity index (χ2n) is 4.59. The molecule has 1 unspecified atom stereocenters. The molecule has 0 aliphatic carbocycles. The number of methoxy groups -OCH3 is 2. The maximum absolute atomic E-state index is 6.37. The van der Waals surface area contributed by atoms with Gasteiger partial charge in [0.1, 0.15) is 11.5 Å². The van der Waals surface area contributed by atoms with E-state index in [0.717, 1.165) is 28.2 Å². The summed E-state index contributed by atoms with van der Waals surface area (Å²) in [6, 6.07) is 11.0. The van der Waals surface area contributed by atoms with Gasteiger partial charge in [-0.2, -0.15) is 0 Å². The first-order chi connectivity index (χ1) is 9.56. The van der Waals surface area contributed by atoms with E-state index >= 15 is 0 Å². The van der Waals surface area contributed by atoms with Gasteiger partial charge < -0.3 is 15.2 Å². The molecule has 4 heteroatoms. The van der Waals surface area contributed by atoms with Crippen LogP contribution in [0.4, 0.5) is 0 Å². The van der Waals surface area contributed by atoms with Crippen molar-refractivity contribution in [2.75, 3.05) is 14.2 Å². The minimum absolute atomic E-state index is 0.297. The molecule has 2 aromatic rings. The molecule has 106 valence electrons. The van der Waals surface area contributed by atoms with Gasteiger partial charge in [-0.25, -0.2) is 0 Å². The minimum atomic E-state index is -0.297. The number of aryl methyl sites for hydroxylation is 1. The second-order valence-corrected chi connectivity index (χ2v) is 5.02. The van der Waals surface area contributed by atoms with Crippen LogP contribution in [0.2, 0.25) is 5.02 Å². The SMILES string of the molecule is COc1ccc(C(N)c2cc(Cl)ccc2OC)c(C)c1. The predicted molar refractivity (Wildman–Crippen MR) is 81.8 cm³/mol. The van der Waals surface area contributed by atoms with Gasteiger partial charge in [0.05, 0.1) is 20.3 Å². The second kappa shape index (κ2) is 6.16. The van der Waals surface area contributed by atoms with Crippen LogP contribution in [0.15, 0.2) is 36.4 Å². The zero-order valence-electron chi connectivity index (χ0n) is 11.8. The summed E-state index contributed by atoms with van der Waals surface area (Å²) < 4.78 is 10.6. The fraction of sp³-hybridized carbons (Fsp3) is 0.250. The molecule has 3 nitrogen and oxygen atoms in total. The minimum Gasteiger partial charge on any atom is -0.497 e. The molecular formula is C16H18ClNO2. The van der Waals surface area contributed by atoms with Crippen LogP contribution >= 0.6 is 11.6 Å². The topological polar surface area (TPSA) is 44.5 Å². The van der Waals surface area contributed by atoms with Crippen LogP contribution in [0.5, 0.6) is 11.5 Å². The lowest BCUT2D eigenvalue weighted by atomic mass is 9.95. The molecule has 0 radical (unpaired) electrons. The normalized spacial score (nSPS) is 12.1. The van der Waals surface area contributed by atoms with Crippen molar-refractivity contribution in [1.29, 1.82) is 0 Å². The molecule has 0 aromatic heterocycles. The van der Waals surface area contributed by atoms with E-state index in [2.05, 4.69) is 0 Å². The highest BCUT2D eigenvalue weighted by atomic mass is 35.5. The third-order valence-corrected chi connectivity index (χ3v) is 3.57. The van der Waals surface area contributed by atoms with Crippen molar-refractivity contribution in [3.63, 3.8) is 0 Å². The zero-order valence-corrected chi connectivity index (χ0v) is 12.6. The first-order valence-electron chi connectivity index (χ1n) is 6.30. The lowest BCUT2D eigenvalue weighted by Gasteiger charge is -2.19. The summed E-state index contributed by atoms with van der Waals surface area (Å²) in [7, 11) is 3.27. The summed E-state index contributed by atoms with van der Waals surface area (Å²) in [4.78, 5) is 0. The molecular weight excluding hydrogens is 274 g/mol. The van der Waals surface area contributed by atoms with E-state index in [1.807, 2.05) is 37.3 Å². The number of ether oxygens (including phenoxy) is 2. The van der Waals surface area contributed by atoms with E-state index in [4.69, 9.17) is 26.8 Å². The number of halogens is 1. The Labute approximate surface area is 124 Å². The van der Waals surface area contributed by atoms with E-state index in [0.29, 0.717) is 5.02 Å². The summed E-state index contributed by atoms with van der Waals surface area (Å²) in [5, 5.41) is 0.641. The Morgan fingerprint density at radius 1 is 1.00 bits per heavy atom. The van der Waals surface area contributed by atoms with Crippen LogP contribution in [-0.4, -0.2) is 14.2 Å². The summed E-state index contributed by atoms with van der Waals surface area (Å²) in [5.74, 6) is 1.55. The van der Waals surface area contributed by atoms with Gasteiger partial charge in [-0.15, -0.1) is 0 Å². The van der Waals surface area contributed by atoms with Gasteiger partial charge in [-0.05, 0) is 48.4 Å². The number of hydrogen-bond acceptors (Lipinski definition) is 3. The van der Waals surface area contributed by atoms with Gasteiger partial charge >= 0.3 is 0 Å². The van der Waals surface area contributed by atoms with Crippen LogP contribution in [0.25, 0.3) is 0 Å². The van der Waals surface area contributed by atoms with Gasteiger partial charge in [0.25, 0.3) is 0 Å². The Bertz CT molecular complexity index is 613. The van der Waals surface area contributed by atoms with Crippen molar-refractivity contribution < 1.29 is 9.47 Å². The highest BCUT2D eigenvalue weighted by Crippen LogP contribution is 2.33. The third kappa shape index (κ3) is 2.89. The molecule has 0 bridgehead atoms. The molecule has 0 saturated heterocycles. The molecule has 0 aliphatic rings. The summed E-state index contributed by atoms with van der Waals surface area (Å²) >= 11 is 6.06. The van der Waals surface area contributed by atoms with Gasteiger partial charge in [-0.3, -0.25) is 0 Å². The zero-order chi connectivity index (χ0) is 14.7. The van der Waals surface area contributed by atoms with Crippen molar-refractivity contribution in [3.8, 4) is 11.5 Å². The van der Waals surface area contributed by atoms with E-state index in [1.54, 1.807) is 20.3 Å². The van der Waals surface area contributed by atoms with Crippen LogP contribution in [-0.2, 0) is 0 Å². The van der Waals surface area contributed by atoms with Crippen molar-refractivity contribution in [2.45, 2.75) is 13.0 Å². The van der Waals surface area contributed by atoms with Gasteiger partial charge in [-0.1, -0.05) is 17.7 Å². The van der Waals surface area contributed by atoms with Crippen LogP contribution in [0.1, 0.15) is 22.7 Å². The highest BCUT2D eigenvalue weighted by Gasteiger charge is 2.16. The number of rotatable bonds is 4. The molecule has 0 heterocycles. The van der Waals surface area contributed by atoms with Crippen molar-refractivity contribution in [3.05, 3.63) is 58.1 Å². The number of benzene rings is 2. The van der Waals surface area contributed by atoms with E-state index < -0.39 is 0 Å². The molecule has 0 saturated carbocycles. The monoisotopic (exact) mass is 291 g/mol. The molecule has 2 aromatic carbocycles. The molecule has 2 rings (SSSR count). The van der Waals surface area contributed by atoms with E-state index in [-0.39, 0.29) is 6.04 Å². The fourth-order valence-corrected chi connectivity index (χ4v) is 2.42. The Balaban J connectivity index is 2.45. The van der Waals surface area contributed by atoms with Crippen LogP contribution in [0.3, 0.4) is 0 Å². The quantitative estimate of drug-likeness (QED) is 0.934. The third-order valence-electron chi connectivity index (χ3n) is 3.34. The standard InChI is InChI=1S/C16H18ClNO2/c1-10-8-12(19-2)5-6-13(10)16(18)14-9-11(17)4-7-15(14)20-3/h4-9,16H,18H2,1-3H3. The van der Waals surface area contributed by atoms with Gasteiger partial charge in [0, 0.05) is 10.6 Å². The Morgan fingerprint density at radius 2 is 1.75 bits per heavy atom. The lowest BCUT2D eigenvalue weighted by molar-refractivity contribution is 0.407. The molecule has 0 aliphatic heterocycles. The number of nitrogens with two attached hydrogens (primary N) is 1. The molecule has 0 amide bonds. The van der Waals surface area contributed by atoms with Gasteiger partial charge in [0.15, 0.2) is 0 Å². The van der Waals surface area contributed by atoms with Crippen molar-refractivity contribution in [2.24, 2.45) is 5.73 Å². The van der Waals surface area contributed by atoms with Crippen molar-refractivity contribution >= 4 is 11.6 Å². The maximum Gasteiger partial charge on any atom is 0.124 e. The van der Waals surface area contributed by atoms with Crippen molar-refractivity contribution in [1.82, 2.24) is 0 Å². The molecule has 1 atom stereocenters. The van der Waals surface area contributed by atoms with Crippen LogP contribution in [0, 0.1) is 6.92 Å². The highest BCUT2D eigenvalue weighted by molar-refractivity contribution is 6.30. The Kier molecular flexibility index (Phi) is 4.53. The first kappa shape index (κ1) is 14.7. The van der Waals surface area contributed by atoms with Gasteiger partial charge in [0.2, 0.25) is 0 Å². The molecule has 0 spiro atoms. The maximum atomic E-state index is 6.37. The van der Waals surface area contributed by atoms with Crippen LogP contribution < -0.4 is 15.2 Å². The first-order valence-corrected chi connectivity index (χ1v) is 6.68. The molecule has 2 N–H and O–H groups in total. The fourth-order valence-electron chi connectivity index (χ4n) is 2.24. The smallest absolute Gasteiger partial charge is 0.124 e. The van der Waals surface area contributed by atoms with E-state index in [9.17, 15) is 0 Å².